The number of nitrogens with zero attached hydrogens (tertiary/aromatic N) is 2. The zero-order valence-electron chi connectivity index (χ0n) is 20.6. The number of alkyl carbamates (subject to hydrolysis) is 1. The van der Waals surface area contributed by atoms with Crippen molar-refractivity contribution in [3.8, 4) is 17.0 Å². The molecule has 0 radical (unpaired) electrons. The number of methoxy groups -OCH3 is 2. The number of benzene rings is 1. The van der Waals surface area contributed by atoms with Gasteiger partial charge < -0.3 is 24.4 Å². The fraction of sp³-hybridized carbons (Fsp3) is 0.480. The average molecular weight is 492 g/mol. The monoisotopic (exact) mass is 491 g/mol. The van der Waals surface area contributed by atoms with Crippen LogP contribution < -0.4 is 15.0 Å². The van der Waals surface area contributed by atoms with E-state index in [2.05, 4.69) is 10.3 Å². The molecule has 0 aliphatic carbocycles. The van der Waals surface area contributed by atoms with Gasteiger partial charge in [-0.15, -0.1) is 0 Å². The highest BCUT2D eigenvalue weighted by molar-refractivity contribution is 5.97. The van der Waals surface area contributed by atoms with Gasteiger partial charge in [-0.1, -0.05) is 0 Å². The van der Waals surface area contributed by atoms with E-state index in [1.807, 2.05) is 0 Å². The summed E-state index contributed by atoms with van der Waals surface area (Å²) in [4.78, 5) is 31.2. The number of rotatable bonds is 6. The van der Waals surface area contributed by atoms with Crippen LogP contribution >= 0.6 is 0 Å². The summed E-state index contributed by atoms with van der Waals surface area (Å²) in [6, 6.07) is 5.48. The van der Waals surface area contributed by atoms with Gasteiger partial charge in [-0.3, -0.25) is 9.37 Å². The molecule has 1 aromatic carbocycles. The van der Waals surface area contributed by atoms with Crippen molar-refractivity contribution >= 4 is 17.7 Å². The Kier molecular flexibility index (Phi) is 8.14. The lowest BCUT2D eigenvalue weighted by Crippen LogP contribution is -2.52. The average Bonchev–Trinajstić information content (AvgIpc) is 2.81. The molecule has 1 saturated heterocycles. The van der Waals surface area contributed by atoms with Gasteiger partial charge >= 0.3 is 12.1 Å². The number of ether oxygens (including phenoxy) is 3. The van der Waals surface area contributed by atoms with Gasteiger partial charge in [0.05, 0.1) is 50.1 Å². The summed E-state index contributed by atoms with van der Waals surface area (Å²) in [6.45, 7) is 5.33. The lowest BCUT2D eigenvalue weighted by molar-refractivity contribution is 0.0490. The summed E-state index contributed by atoms with van der Waals surface area (Å²) < 4.78 is 43.2. The minimum Gasteiger partial charge on any atom is -0.494 e. The van der Waals surface area contributed by atoms with Gasteiger partial charge in [-0.05, 0) is 51.5 Å². The molecule has 1 N–H and O–H groups in total. The lowest BCUT2D eigenvalue weighted by Gasteiger charge is -2.39. The topological polar surface area (TPSA) is 90.0 Å². The lowest BCUT2D eigenvalue weighted by atomic mass is 9.94. The molecule has 2 heterocycles. The molecule has 2 aromatic rings. The van der Waals surface area contributed by atoms with Crippen LogP contribution in [0, 0.1) is 11.7 Å². The molecule has 1 aromatic heterocycles. The maximum atomic E-state index is 14.2. The Morgan fingerprint density at radius 3 is 2.54 bits per heavy atom. The minimum absolute atomic E-state index is 0.0904. The predicted octanol–water partition coefficient (Wildman–Crippen LogP) is 4.37. The molecule has 1 amide bonds. The summed E-state index contributed by atoms with van der Waals surface area (Å²) in [5, 5.41) is 2.80. The molecule has 0 spiro atoms. The Hall–Kier alpha value is -3.43. The Bertz CT molecular complexity index is 1070. The Morgan fingerprint density at radius 2 is 1.94 bits per heavy atom. The zero-order valence-corrected chi connectivity index (χ0v) is 20.6. The number of alkyl halides is 1. The van der Waals surface area contributed by atoms with Crippen molar-refractivity contribution in [2.45, 2.75) is 38.8 Å². The number of carbonyl (C=O) groups is 2. The second-order valence-corrected chi connectivity index (χ2v) is 9.43. The van der Waals surface area contributed by atoms with Crippen LogP contribution in [0.5, 0.6) is 5.75 Å². The fourth-order valence-corrected chi connectivity index (χ4v) is 4.05. The second-order valence-electron chi connectivity index (χ2n) is 9.43. The molecule has 8 nitrogen and oxygen atoms in total. The van der Waals surface area contributed by atoms with E-state index in [0.29, 0.717) is 36.5 Å². The van der Waals surface area contributed by atoms with Gasteiger partial charge in [0.25, 0.3) is 0 Å². The van der Waals surface area contributed by atoms with Crippen molar-refractivity contribution in [2.75, 3.05) is 38.9 Å². The molecule has 1 aliphatic heterocycles. The van der Waals surface area contributed by atoms with Crippen LogP contribution in [0.1, 0.15) is 37.6 Å². The van der Waals surface area contributed by atoms with E-state index in [1.54, 1.807) is 31.7 Å². The zero-order chi connectivity index (χ0) is 25.8. The Balaban J connectivity index is 1.92. The standard InChI is InChI=1S/C25H31F2N3O5/c1-25(2,3)35-24(32)29-17-8-15(11-26)13-30(14-17)21-12-28-20(10-18(21)23(31)34-5)16-6-7-22(33-4)19(27)9-16/h6-7,9-10,12,15,17H,8,11,13-14H2,1-5H3,(H,29,32)/t15-,17+/m0/s1. The van der Waals surface area contributed by atoms with Crippen LogP contribution in [0.25, 0.3) is 11.3 Å². The first-order valence-electron chi connectivity index (χ1n) is 11.3. The summed E-state index contributed by atoms with van der Waals surface area (Å²) in [6.07, 6.45) is 1.32. The summed E-state index contributed by atoms with van der Waals surface area (Å²) >= 11 is 0. The number of halogens is 2. The third-order valence-corrected chi connectivity index (χ3v) is 5.55. The third kappa shape index (κ3) is 6.58. The van der Waals surface area contributed by atoms with Crippen LogP contribution in [0.4, 0.5) is 19.3 Å². The molecule has 0 saturated carbocycles. The highest BCUT2D eigenvalue weighted by Crippen LogP contribution is 2.31. The number of nitrogens with one attached hydrogen (secondary N) is 1. The van der Waals surface area contributed by atoms with Crippen molar-refractivity contribution in [3.63, 3.8) is 0 Å². The van der Waals surface area contributed by atoms with E-state index in [0.717, 1.165) is 0 Å². The Morgan fingerprint density at radius 1 is 1.20 bits per heavy atom. The van der Waals surface area contributed by atoms with E-state index in [4.69, 9.17) is 14.2 Å². The van der Waals surface area contributed by atoms with Crippen LogP contribution in [0.3, 0.4) is 0 Å². The van der Waals surface area contributed by atoms with Gasteiger partial charge in [0.1, 0.15) is 5.60 Å². The number of pyridine rings is 1. The Labute approximate surface area is 203 Å². The molecule has 2 atom stereocenters. The first kappa shape index (κ1) is 26.2. The third-order valence-electron chi connectivity index (χ3n) is 5.55. The molecule has 190 valence electrons. The van der Waals surface area contributed by atoms with Crippen molar-refractivity contribution in [3.05, 3.63) is 41.8 Å². The maximum Gasteiger partial charge on any atom is 0.407 e. The number of carbonyl (C=O) groups excluding carboxylic acids is 2. The van der Waals surface area contributed by atoms with Crippen molar-refractivity contribution < 1.29 is 32.6 Å². The van der Waals surface area contributed by atoms with Crippen LogP contribution in [-0.2, 0) is 9.47 Å². The molecular formula is C25H31F2N3O5. The predicted molar refractivity (Wildman–Crippen MR) is 127 cm³/mol. The summed E-state index contributed by atoms with van der Waals surface area (Å²) in [7, 11) is 2.63. The van der Waals surface area contributed by atoms with E-state index in [-0.39, 0.29) is 17.2 Å². The SMILES string of the molecule is COC(=O)c1cc(-c2ccc(OC)c(F)c2)ncc1N1C[C@H](CF)C[C@@H](NC(=O)OC(C)(C)C)C1. The van der Waals surface area contributed by atoms with E-state index in [9.17, 15) is 18.4 Å². The molecule has 35 heavy (non-hydrogen) atoms. The van der Waals surface area contributed by atoms with E-state index in [1.165, 1.54) is 38.6 Å². The first-order chi connectivity index (χ1) is 16.5. The van der Waals surface area contributed by atoms with Gasteiger partial charge in [0.2, 0.25) is 0 Å². The molecular weight excluding hydrogens is 460 g/mol. The van der Waals surface area contributed by atoms with Crippen molar-refractivity contribution in [2.24, 2.45) is 5.92 Å². The second kappa shape index (κ2) is 10.9. The highest BCUT2D eigenvalue weighted by Gasteiger charge is 2.32. The summed E-state index contributed by atoms with van der Waals surface area (Å²) in [5.74, 6) is -1.46. The smallest absolute Gasteiger partial charge is 0.407 e. The number of piperidine rings is 1. The van der Waals surface area contributed by atoms with Crippen LogP contribution in [-0.4, -0.2) is 62.7 Å². The van der Waals surface area contributed by atoms with E-state index < -0.39 is 36.2 Å². The van der Waals surface area contributed by atoms with Crippen LogP contribution in [0.15, 0.2) is 30.5 Å². The minimum atomic E-state index is -0.670. The first-order valence-corrected chi connectivity index (χ1v) is 11.3. The van der Waals surface area contributed by atoms with Crippen molar-refractivity contribution in [1.29, 1.82) is 0 Å². The van der Waals surface area contributed by atoms with Gasteiger partial charge in [-0.25, -0.2) is 14.0 Å². The van der Waals surface area contributed by atoms with Crippen molar-refractivity contribution in [1.82, 2.24) is 10.3 Å². The number of aromatic nitrogens is 1. The van der Waals surface area contributed by atoms with Crippen LogP contribution in [0.2, 0.25) is 0 Å². The largest absolute Gasteiger partial charge is 0.494 e. The molecule has 1 fully saturated rings. The van der Waals surface area contributed by atoms with Gasteiger partial charge in [-0.2, -0.15) is 0 Å². The number of esters is 1. The quantitative estimate of drug-likeness (QED) is 0.600. The number of hydrogen-bond acceptors (Lipinski definition) is 7. The highest BCUT2D eigenvalue weighted by atomic mass is 19.1. The number of amides is 1. The fourth-order valence-electron chi connectivity index (χ4n) is 4.05. The van der Waals surface area contributed by atoms with Gasteiger partial charge in [0.15, 0.2) is 11.6 Å². The molecule has 0 unspecified atom stereocenters. The number of hydrogen-bond donors (Lipinski definition) is 1. The summed E-state index contributed by atoms with van der Waals surface area (Å²) in [5.41, 5.74) is 0.771. The molecule has 1 aliphatic rings. The number of anilines is 1. The normalized spacial score (nSPS) is 18.1. The van der Waals surface area contributed by atoms with Gasteiger partial charge in [0, 0.05) is 24.6 Å². The molecule has 10 heteroatoms. The molecule has 3 rings (SSSR count). The maximum absolute atomic E-state index is 14.2. The molecule has 0 bridgehead atoms. The van der Waals surface area contributed by atoms with E-state index >= 15 is 0 Å².